The molecule has 130 valence electrons. The normalized spacial score (nSPS) is 22.7. The number of aliphatic hydroxyl groups is 1. The second-order valence-electron chi connectivity index (χ2n) is 5.66. The van der Waals surface area contributed by atoms with Gasteiger partial charge in [-0.25, -0.2) is 0 Å². The number of ether oxygens (including phenoxy) is 2. The molecule has 0 saturated carbocycles. The molecule has 0 amide bonds. The number of aromatic hydroxyl groups is 1. The lowest BCUT2D eigenvalue weighted by Gasteiger charge is -2.33. The summed E-state index contributed by atoms with van der Waals surface area (Å²) in [5.74, 6) is -1.69. The topological polar surface area (TPSA) is 76.0 Å². The maximum absolute atomic E-state index is 12.5. The highest BCUT2D eigenvalue weighted by molar-refractivity contribution is 6.05. The predicted octanol–water partition coefficient (Wildman–Crippen LogP) is 3.74. The third-order valence-corrected chi connectivity index (χ3v) is 3.86. The molecule has 0 heterocycles. The number of hydrogen-bond acceptors (Lipinski definition) is 5. The van der Waals surface area contributed by atoms with Crippen LogP contribution in [0.1, 0.15) is 38.7 Å². The van der Waals surface area contributed by atoms with E-state index < -0.39 is 5.79 Å². The van der Waals surface area contributed by atoms with E-state index in [4.69, 9.17) is 9.47 Å². The van der Waals surface area contributed by atoms with Crippen molar-refractivity contribution in [1.29, 1.82) is 0 Å². The van der Waals surface area contributed by atoms with Crippen molar-refractivity contribution in [3.05, 3.63) is 47.6 Å². The molecule has 0 spiro atoms. The van der Waals surface area contributed by atoms with Crippen molar-refractivity contribution < 1.29 is 24.5 Å². The zero-order valence-corrected chi connectivity index (χ0v) is 14.1. The number of ketones is 1. The average Bonchev–Trinajstić information content (AvgIpc) is 2.55. The second-order valence-corrected chi connectivity index (χ2v) is 5.66. The highest BCUT2D eigenvalue weighted by Gasteiger charge is 2.37. The van der Waals surface area contributed by atoms with Crippen LogP contribution < -0.4 is 0 Å². The van der Waals surface area contributed by atoms with E-state index in [0.717, 1.165) is 12.8 Å². The highest BCUT2D eigenvalue weighted by Crippen LogP contribution is 2.33. The van der Waals surface area contributed by atoms with Crippen molar-refractivity contribution in [2.75, 3.05) is 13.2 Å². The number of unbranched alkanes of at least 4 members (excludes halogenated alkanes) is 1. The van der Waals surface area contributed by atoms with Crippen LogP contribution in [0.3, 0.4) is 0 Å². The van der Waals surface area contributed by atoms with Gasteiger partial charge in [-0.2, -0.15) is 0 Å². The Morgan fingerprint density at radius 3 is 2.62 bits per heavy atom. The molecule has 0 fully saturated rings. The lowest BCUT2D eigenvalue weighted by atomic mass is 9.92. The lowest BCUT2D eigenvalue weighted by Crippen LogP contribution is -2.39. The number of hydrogen-bond donors (Lipinski definition) is 2. The number of aliphatic hydroxyl groups excluding tert-OH is 1. The number of benzene rings is 1. The fourth-order valence-electron chi connectivity index (χ4n) is 2.58. The van der Waals surface area contributed by atoms with E-state index in [9.17, 15) is 15.0 Å². The van der Waals surface area contributed by atoms with Crippen LogP contribution >= 0.6 is 0 Å². The highest BCUT2D eigenvalue weighted by atomic mass is 16.7. The van der Waals surface area contributed by atoms with E-state index in [2.05, 4.69) is 6.92 Å². The molecule has 1 aromatic rings. The van der Waals surface area contributed by atoms with Gasteiger partial charge in [0.2, 0.25) is 0 Å². The largest absolute Gasteiger partial charge is 0.507 e. The van der Waals surface area contributed by atoms with Gasteiger partial charge in [0.05, 0.1) is 24.2 Å². The summed E-state index contributed by atoms with van der Waals surface area (Å²) < 4.78 is 11.5. The minimum Gasteiger partial charge on any atom is -0.507 e. The molecule has 1 aliphatic rings. The summed E-state index contributed by atoms with van der Waals surface area (Å²) >= 11 is 0. The quantitative estimate of drug-likeness (QED) is 0.344. The van der Waals surface area contributed by atoms with Crippen molar-refractivity contribution in [1.82, 2.24) is 0 Å². The van der Waals surface area contributed by atoms with Gasteiger partial charge in [0.25, 0.3) is 0 Å². The van der Waals surface area contributed by atoms with Gasteiger partial charge in [0, 0.05) is 6.61 Å². The second kappa shape index (κ2) is 8.13. The van der Waals surface area contributed by atoms with Gasteiger partial charge in [-0.05, 0) is 37.6 Å². The number of allylic oxidation sites excluding steroid dienone is 2. The van der Waals surface area contributed by atoms with Crippen LogP contribution in [0.5, 0.6) is 5.75 Å². The zero-order valence-electron chi connectivity index (χ0n) is 14.1. The molecule has 0 radical (unpaired) electrons. The van der Waals surface area contributed by atoms with Crippen LogP contribution in [0.4, 0.5) is 0 Å². The third kappa shape index (κ3) is 4.04. The van der Waals surface area contributed by atoms with E-state index >= 15 is 0 Å². The first kappa shape index (κ1) is 18.2. The third-order valence-electron chi connectivity index (χ3n) is 3.86. The summed E-state index contributed by atoms with van der Waals surface area (Å²) in [5, 5.41) is 20.2. The Morgan fingerprint density at radius 1 is 1.25 bits per heavy atom. The molecule has 0 aromatic heterocycles. The molecule has 5 nitrogen and oxygen atoms in total. The Morgan fingerprint density at radius 2 is 2.00 bits per heavy atom. The van der Waals surface area contributed by atoms with E-state index in [0.29, 0.717) is 13.2 Å². The van der Waals surface area contributed by atoms with Crippen LogP contribution in [0.2, 0.25) is 0 Å². The fourth-order valence-corrected chi connectivity index (χ4v) is 2.58. The number of para-hydroxylation sites is 1. The summed E-state index contributed by atoms with van der Waals surface area (Å²) in [5.41, 5.74) is 0.368. The predicted molar refractivity (Wildman–Crippen MR) is 91.6 cm³/mol. The number of Topliss-reactive ketones (excluding diaryl/α,β-unsaturated/α-hetero) is 1. The molecule has 1 aliphatic carbocycles. The first-order valence-corrected chi connectivity index (χ1v) is 8.25. The number of rotatable bonds is 7. The fraction of sp³-hybridized carbons (Fsp3) is 0.421. The molecular formula is C19H24O5. The van der Waals surface area contributed by atoms with Crippen molar-refractivity contribution >= 4 is 11.5 Å². The van der Waals surface area contributed by atoms with E-state index in [1.54, 1.807) is 24.3 Å². The first-order valence-electron chi connectivity index (χ1n) is 8.25. The van der Waals surface area contributed by atoms with E-state index in [1.165, 1.54) is 12.1 Å². The van der Waals surface area contributed by atoms with Gasteiger partial charge in [0.15, 0.2) is 11.6 Å². The molecule has 0 aliphatic heterocycles. The SMILES string of the molecule is CCCCOC1(OCC)C=CC(=C(O)c2ccccc2O)C(=O)C1. The minimum atomic E-state index is -1.08. The summed E-state index contributed by atoms with van der Waals surface area (Å²) in [7, 11) is 0. The van der Waals surface area contributed by atoms with Crippen LogP contribution in [0.25, 0.3) is 5.76 Å². The molecule has 0 bridgehead atoms. The lowest BCUT2D eigenvalue weighted by molar-refractivity contribution is -0.206. The maximum atomic E-state index is 12.5. The first-order chi connectivity index (χ1) is 11.5. The Hall–Kier alpha value is -2.11. The van der Waals surface area contributed by atoms with Crippen LogP contribution in [-0.4, -0.2) is 35.0 Å². The van der Waals surface area contributed by atoms with Gasteiger partial charge in [0.1, 0.15) is 11.5 Å². The van der Waals surface area contributed by atoms with Gasteiger partial charge < -0.3 is 19.7 Å². The molecule has 1 unspecified atom stereocenters. The Balaban J connectivity index is 2.32. The number of phenols is 1. The Bertz CT molecular complexity index is 647. The van der Waals surface area contributed by atoms with Crippen molar-refractivity contribution in [3.63, 3.8) is 0 Å². The minimum absolute atomic E-state index is 0.00591. The molecule has 1 atom stereocenters. The molecule has 24 heavy (non-hydrogen) atoms. The molecule has 1 aromatic carbocycles. The molecule has 5 heteroatoms. The molecule has 0 saturated heterocycles. The Labute approximate surface area is 142 Å². The van der Waals surface area contributed by atoms with Crippen molar-refractivity contribution in [3.8, 4) is 5.75 Å². The summed E-state index contributed by atoms with van der Waals surface area (Å²) in [6.07, 6.45) is 5.03. The smallest absolute Gasteiger partial charge is 0.195 e. The van der Waals surface area contributed by atoms with E-state index in [-0.39, 0.29) is 34.8 Å². The van der Waals surface area contributed by atoms with Gasteiger partial charge in [-0.3, -0.25) is 4.79 Å². The summed E-state index contributed by atoms with van der Waals surface area (Å²) in [6.45, 7) is 4.81. The zero-order chi connectivity index (χ0) is 17.6. The maximum Gasteiger partial charge on any atom is 0.195 e. The van der Waals surface area contributed by atoms with Crippen molar-refractivity contribution in [2.24, 2.45) is 0 Å². The van der Waals surface area contributed by atoms with Crippen LogP contribution in [0.15, 0.2) is 42.0 Å². The van der Waals surface area contributed by atoms with Crippen LogP contribution in [-0.2, 0) is 14.3 Å². The molecule has 2 N–H and O–H groups in total. The standard InChI is InChI=1S/C19H24O5/c1-3-5-12-24-19(23-4-2)11-10-15(17(21)13-19)18(22)14-8-6-7-9-16(14)20/h6-11,20,22H,3-5,12-13H2,1-2H3. The Kier molecular flexibility index (Phi) is 6.17. The van der Waals surface area contributed by atoms with Gasteiger partial charge in [-0.1, -0.05) is 25.5 Å². The summed E-state index contributed by atoms with van der Waals surface area (Å²) in [6, 6.07) is 6.35. The number of phenolic OH excluding ortho intramolecular Hbond substituents is 1. The molecule has 2 rings (SSSR count). The monoisotopic (exact) mass is 332 g/mol. The van der Waals surface area contributed by atoms with Gasteiger partial charge in [-0.15, -0.1) is 0 Å². The van der Waals surface area contributed by atoms with Crippen LogP contribution in [0, 0.1) is 0 Å². The number of carbonyl (C=O) groups excluding carboxylic acids is 1. The van der Waals surface area contributed by atoms with Gasteiger partial charge >= 0.3 is 0 Å². The number of carbonyl (C=O) groups is 1. The summed E-state index contributed by atoms with van der Waals surface area (Å²) in [4.78, 5) is 12.5. The van der Waals surface area contributed by atoms with Crippen molar-refractivity contribution in [2.45, 2.75) is 38.9 Å². The molecular weight excluding hydrogens is 308 g/mol. The average molecular weight is 332 g/mol. The van der Waals surface area contributed by atoms with E-state index in [1.807, 2.05) is 6.92 Å².